The molecule has 2 rings (SSSR count). The summed E-state index contributed by atoms with van der Waals surface area (Å²) in [6.45, 7) is 0. The second-order valence-corrected chi connectivity index (χ2v) is 4.92. The molecule has 0 aliphatic carbocycles. The van der Waals surface area contributed by atoms with Crippen molar-refractivity contribution in [1.29, 1.82) is 0 Å². The minimum atomic E-state index is 0.427. The Labute approximate surface area is 114 Å². The van der Waals surface area contributed by atoms with Gasteiger partial charge in [0.05, 0.1) is 11.6 Å². The smallest absolute Gasteiger partial charge is 0.221 e. The summed E-state index contributed by atoms with van der Waals surface area (Å²) in [7, 11) is 1.61. The molecular weight excluding hydrogens is 361 g/mol. The van der Waals surface area contributed by atoms with Gasteiger partial charge in [-0.25, -0.2) is 0 Å². The molecule has 0 aliphatic rings. The van der Waals surface area contributed by atoms with Crippen LogP contribution >= 0.6 is 43.5 Å². The standard InChI is InChI=1S/C10H6Br2ClNO2/c1-15-7-3-2-5(4-6(7)11)9-8(13)10(12)16-14-9/h2-4H,1H3. The molecule has 0 fully saturated rings. The van der Waals surface area contributed by atoms with Crippen molar-refractivity contribution in [1.82, 2.24) is 5.16 Å². The lowest BCUT2D eigenvalue weighted by Crippen LogP contribution is -1.85. The second-order valence-electron chi connectivity index (χ2n) is 2.97. The van der Waals surface area contributed by atoms with Gasteiger partial charge in [-0.15, -0.1) is 0 Å². The number of benzene rings is 1. The van der Waals surface area contributed by atoms with Crippen LogP contribution in [0.2, 0.25) is 5.02 Å². The number of hydrogen-bond donors (Lipinski definition) is 0. The zero-order chi connectivity index (χ0) is 11.7. The van der Waals surface area contributed by atoms with Gasteiger partial charge in [-0.3, -0.25) is 0 Å². The van der Waals surface area contributed by atoms with Crippen molar-refractivity contribution in [3.8, 4) is 17.0 Å². The van der Waals surface area contributed by atoms with Crippen LogP contribution in [0.5, 0.6) is 5.75 Å². The summed E-state index contributed by atoms with van der Waals surface area (Å²) in [5.41, 5.74) is 1.45. The quantitative estimate of drug-likeness (QED) is 0.782. The van der Waals surface area contributed by atoms with E-state index in [1.165, 1.54) is 0 Å². The number of methoxy groups -OCH3 is 1. The zero-order valence-corrected chi connectivity index (χ0v) is 12.1. The number of halogens is 3. The predicted molar refractivity (Wildman–Crippen MR) is 68.9 cm³/mol. The lowest BCUT2D eigenvalue weighted by Gasteiger charge is -2.04. The Morgan fingerprint density at radius 2 is 2.12 bits per heavy atom. The van der Waals surface area contributed by atoms with Crippen LogP contribution in [0.4, 0.5) is 0 Å². The summed E-state index contributed by atoms with van der Waals surface area (Å²) >= 11 is 12.6. The molecule has 0 saturated carbocycles. The van der Waals surface area contributed by atoms with E-state index in [2.05, 4.69) is 37.0 Å². The van der Waals surface area contributed by atoms with Gasteiger partial charge in [0.25, 0.3) is 0 Å². The van der Waals surface area contributed by atoms with Crippen LogP contribution in [0.15, 0.2) is 31.9 Å². The summed E-state index contributed by atoms with van der Waals surface area (Å²) in [6.07, 6.45) is 0. The Balaban J connectivity index is 2.49. The van der Waals surface area contributed by atoms with E-state index in [1.54, 1.807) is 7.11 Å². The van der Waals surface area contributed by atoms with E-state index in [0.29, 0.717) is 15.4 Å². The molecule has 6 heteroatoms. The van der Waals surface area contributed by atoms with Gasteiger partial charge in [-0.1, -0.05) is 16.8 Å². The third kappa shape index (κ3) is 2.12. The molecule has 1 heterocycles. The maximum Gasteiger partial charge on any atom is 0.221 e. The Hall–Kier alpha value is -0.520. The van der Waals surface area contributed by atoms with Crippen LogP contribution in [0.1, 0.15) is 0 Å². The molecule has 0 spiro atoms. The predicted octanol–water partition coefficient (Wildman–Crippen LogP) is 4.53. The second kappa shape index (κ2) is 4.77. The maximum absolute atomic E-state index is 6.02. The largest absolute Gasteiger partial charge is 0.496 e. The summed E-state index contributed by atoms with van der Waals surface area (Å²) in [5.74, 6) is 0.752. The van der Waals surface area contributed by atoms with E-state index in [-0.39, 0.29) is 0 Å². The van der Waals surface area contributed by atoms with Crippen molar-refractivity contribution < 1.29 is 9.26 Å². The Morgan fingerprint density at radius 1 is 1.38 bits per heavy atom. The van der Waals surface area contributed by atoms with Crippen LogP contribution in [-0.4, -0.2) is 12.3 Å². The summed E-state index contributed by atoms with van der Waals surface area (Å²) < 4.78 is 11.3. The minimum Gasteiger partial charge on any atom is -0.496 e. The van der Waals surface area contributed by atoms with Crippen LogP contribution < -0.4 is 4.74 Å². The monoisotopic (exact) mass is 365 g/mol. The number of aromatic nitrogens is 1. The Kier molecular flexibility index (Phi) is 3.56. The molecule has 3 nitrogen and oxygen atoms in total. The third-order valence-electron chi connectivity index (χ3n) is 2.02. The van der Waals surface area contributed by atoms with E-state index < -0.39 is 0 Å². The highest BCUT2D eigenvalue weighted by molar-refractivity contribution is 9.10. The minimum absolute atomic E-state index is 0.427. The highest BCUT2D eigenvalue weighted by Crippen LogP contribution is 2.36. The highest BCUT2D eigenvalue weighted by Gasteiger charge is 2.14. The van der Waals surface area contributed by atoms with Crippen LogP contribution in [-0.2, 0) is 0 Å². The lowest BCUT2D eigenvalue weighted by molar-refractivity contribution is 0.402. The van der Waals surface area contributed by atoms with E-state index in [1.807, 2.05) is 18.2 Å². The average molecular weight is 367 g/mol. The van der Waals surface area contributed by atoms with Crippen LogP contribution in [0, 0.1) is 0 Å². The first-order chi connectivity index (χ1) is 7.63. The zero-order valence-electron chi connectivity index (χ0n) is 8.13. The molecule has 84 valence electrons. The first-order valence-corrected chi connectivity index (χ1v) is 6.24. The van der Waals surface area contributed by atoms with Gasteiger partial charge in [0.2, 0.25) is 4.67 Å². The molecule has 1 aromatic carbocycles. The van der Waals surface area contributed by atoms with Crippen molar-refractivity contribution in [2.24, 2.45) is 0 Å². The Morgan fingerprint density at radius 3 is 2.62 bits per heavy atom. The average Bonchev–Trinajstić information content (AvgIpc) is 2.60. The maximum atomic E-state index is 6.02. The number of rotatable bonds is 2. The summed E-state index contributed by atoms with van der Waals surface area (Å²) in [4.78, 5) is 0. The molecule has 0 bridgehead atoms. The third-order valence-corrected chi connectivity index (χ3v) is 3.76. The first kappa shape index (κ1) is 12.0. The summed E-state index contributed by atoms with van der Waals surface area (Å²) in [5, 5.41) is 4.32. The van der Waals surface area contributed by atoms with Gasteiger partial charge < -0.3 is 9.26 Å². The van der Waals surface area contributed by atoms with E-state index in [4.69, 9.17) is 20.9 Å². The topological polar surface area (TPSA) is 35.3 Å². The Bertz CT molecular complexity index is 528. The fraction of sp³-hybridized carbons (Fsp3) is 0.100. The van der Waals surface area contributed by atoms with E-state index in [0.717, 1.165) is 15.8 Å². The molecule has 0 amide bonds. The molecule has 0 radical (unpaired) electrons. The van der Waals surface area contributed by atoms with Gasteiger partial charge in [0.1, 0.15) is 16.5 Å². The van der Waals surface area contributed by atoms with Crippen molar-refractivity contribution in [3.63, 3.8) is 0 Å². The number of nitrogens with zero attached hydrogens (tertiary/aromatic N) is 1. The molecule has 2 aromatic rings. The van der Waals surface area contributed by atoms with Crippen molar-refractivity contribution >= 4 is 43.5 Å². The van der Waals surface area contributed by atoms with Gasteiger partial charge in [-0.2, -0.15) is 0 Å². The van der Waals surface area contributed by atoms with Crippen molar-refractivity contribution in [3.05, 3.63) is 32.4 Å². The van der Waals surface area contributed by atoms with Crippen molar-refractivity contribution in [2.75, 3.05) is 7.11 Å². The number of ether oxygens (including phenoxy) is 1. The highest BCUT2D eigenvalue weighted by atomic mass is 79.9. The molecule has 1 aromatic heterocycles. The lowest BCUT2D eigenvalue weighted by atomic mass is 10.1. The van der Waals surface area contributed by atoms with Gasteiger partial charge in [0.15, 0.2) is 0 Å². The molecule has 16 heavy (non-hydrogen) atoms. The van der Waals surface area contributed by atoms with Crippen LogP contribution in [0.25, 0.3) is 11.3 Å². The molecule has 0 saturated heterocycles. The SMILES string of the molecule is COc1ccc(-c2noc(Br)c2Cl)cc1Br. The number of hydrogen-bond acceptors (Lipinski definition) is 3. The van der Waals surface area contributed by atoms with Crippen molar-refractivity contribution in [2.45, 2.75) is 0 Å². The van der Waals surface area contributed by atoms with Gasteiger partial charge in [0, 0.05) is 5.56 Å². The van der Waals surface area contributed by atoms with E-state index in [9.17, 15) is 0 Å². The summed E-state index contributed by atoms with van der Waals surface area (Å²) in [6, 6.07) is 5.56. The molecule has 0 aliphatic heterocycles. The molecule has 0 N–H and O–H groups in total. The molecule has 0 atom stereocenters. The first-order valence-electron chi connectivity index (χ1n) is 4.28. The normalized spacial score (nSPS) is 10.5. The molecular formula is C10H6Br2ClNO2. The van der Waals surface area contributed by atoms with Gasteiger partial charge in [-0.05, 0) is 50.1 Å². The van der Waals surface area contributed by atoms with Gasteiger partial charge >= 0.3 is 0 Å². The fourth-order valence-corrected chi connectivity index (χ4v) is 2.23. The van der Waals surface area contributed by atoms with Crippen LogP contribution in [0.3, 0.4) is 0 Å². The van der Waals surface area contributed by atoms with E-state index >= 15 is 0 Å². The fourth-order valence-electron chi connectivity index (χ4n) is 1.25. The molecule has 0 unspecified atom stereocenters.